The number of anilines is 1. The van der Waals surface area contributed by atoms with Crippen molar-refractivity contribution in [3.8, 4) is 0 Å². The summed E-state index contributed by atoms with van der Waals surface area (Å²) in [6.45, 7) is 4.24. The summed E-state index contributed by atoms with van der Waals surface area (Å²) in [5.74, 6) is -0.326. The van der Waals surface area contributed by atoms with Crippen LogP contribution in [0.4, 0.5) is 5.13 Å². The first-order valence-electron chi connectivity index (χ1n) is 6.65. The van der Waals surface area contributed by atoms with Crippen LogP contribution in [-0.4, -0.2) is 55.7 Å². The van der Waals surface area contributed by atoms with Gasteiger partial charge in [-0.05, 0) is 33.9 Å². The molecule has 0 saturated carbocycles. The second-order valence-electron chi connectivity index (χ2n) is 4.99. The Balaban J connectivity index is 2.07. The van der Waals surface area contributed by atoms with Crippen molar-refractivity contribution in [1.29, 1.82) is 0 Å². The van der Waals surface area contributed by atoms with Crippen molar-refractivity contribution >= 4 is 22.4 Å². The van der Waals surface area contributed by atoms with Crippen molar-refractivity contribution in [2.24, 2.45) is 0 Å². The quantitative estimate of drug-likeness (QED) is 0.772. The molecule has 1 fully saturated rings. The van der Waals surface area contributed by atoms with Crippen molar-refractivity contribution in [2.75, 3.05) is 38.7 Å². The molecule has 1 aliphatic rings. The highest BCUT2D eigenvalue weighted by Crippen LogP contribution is 2.29. The number of carbonyl (C=O) groups is 1. The highest BCUT2D eigenvalue weighted by atomic mass is 32.1. The number of hydrogen-bond donors (Lipinski definition) is 0. The van der Waals surface area contributed by atoms with Gasteiger partial charge in [0, 0.05) is 24.5 Å². The second kappa shape index (κ2) is 6.34. The molecule has 0 amide bonds. The minimum Gasteiger partial charge on any atom is -0.461 e. The molecule has 1 aromatic heterocycles. The molecular weight excluding hydrogens is 262 g/mol. The molecule has 106 valence electrons. The highest BCUT2D eigenvalue weighted by molar-refractivity contribution is 7.13. The zero-order valence-electron chi connectivity index (χ0n) is 11.8. The number of rotatable bonds is 5. The van der Waals surface area contributed by atoms with Crippen LogP contribution in [0.2, 0.25) is 0 Å². The molecule has 1 aromatic rings. The van der Waals surface area contributed by atoms with Crippen molar-refractivity contribution in [3.05, 3.63) is 11.1 Å². The van der Waals surface area contributed by atoms with E-state index in [1.165, 1.54) is 24.2 Å². The second-order valence-corrected chi connectivity index (χ2v) is 5.82. The van der Waals surface area contributed by atoms with Crippen LogP contribution >= 0.6 is 11.3 Å². The van der Waals surface area contributed by atoms with Gasteiger partial charge in [0.25, 0.3) is 0 Å². The summed E-state index contributed by atoms with van der Waals surface area (Å²) in [7, 11) is 4.17. The van der Waals surface area contributed by atoms with Gasteiger partial charge in [-0.2, -0.15) is 0 Å². The van der Waals surface area contributed by atoms with Gasteiger partial charge in [0.1, 0.15) is 0 Å². The van der Waals surface area contributed by atoms with Crippen molar-refractivity contribution in [1.82, 2.24) is 9.88 Å². The summed E-state index contributed by atoms with van der Waals surface area (Å²) in [6, 6.07) is 0.496. The Morgan fingerprint density at radius 3 is 3.11 bits per heavy atom. The third-order valence-corrected chi connectivity index (χ3v) is 4.05. The standard InChI is InChI=1S/C13H21N3O2S/c1-4-18-12(17)11-9-19-13(14-11)16-7-5-6-10(16)8-15(2)3/h9-10H,4-8H2,1-3H3. The fraction of sp³-hybridized carbons (Fsp3) is 0.692. The molecule has 1 atom stereocenters. The van der Waals surface area contributed by atoms with Gasteiger partial charge in [0.05, 0.1) is 6.61 Å². The predicted octanol–water partition coefficient (Wildman–Crippen LogP) is 1.85. The fourth-order valence-electron chi connectivity index (χ4n) is 2.39. The molecule has 0 aliphatic carbocycles. The summed E-state index contributed by atoms with van der Waals surface area (Å²) >= 11 is 1.53. The Hall–Kier alpha value is -1.14. The number of carbonyl (C=O) groups excluding carboxylic acids is 1. The SMILES string of the molecule is CCOC(=O)c1csc(N2CCCC2CN(C)C)n1. The highest BCUT2D eigenvalue weighted by Gasteiger charge is 2.27. The van der Waals surface area contributed by atoms with Crippen LogP contribution in [0.25, 0.3) is 0 Å². The fourth-order valence-corrected chi connectivity index (χ4v) is 3.29. The molecule has 6 heteroatoms. The summed E-state index contributed by atoms with van der Waals surface area (Å²) in [5, 5.41) is 2.73. The topological polar surface area (TPSA) is 45.7 Å². The van der Waals surface area contributed by atoms with E-state index >= 15 is 0 Å². The summed E-state index contributed by atoms with van der Waals surface area (Å²) in [6.07, 6.45) is 2.37. The number of ether oxygens (including phenoxy) is 1. The third-order valence-electron chi connectivity index (χ3n) is 3.18. The van der Waals surface area contributed by atoms with Gasteiger partial charge in [-0.15, -0.1) is 11.3 Å². The molecule has 5 nitrogen and oxygen atoms in total. The smallest absolute Gasteiger partial charge is 0.357 e. The average Bonchev–Trinajstić information content (AvgIpc) is 2.96. The van der Waals surface area contributed by atoms with E-state index in [0.29, 0.717) is 18.3 Å². The van der Waals surface area contributed by atoms with Crippen LogP contribution in [0.3, 0.4) is 0 Å². The third kappa shape index (κ3) is 3.45. The van der Waals surface area contributed by atoms with Gasteiger partial charge < -0.3 is 14.5 Å². The van der Waals surface area contributed by atoms with E-state index in [1.807, 2.05) is 0 Å². The Morgan fingerprint density at radius 1 is 1.63 bits per heavy atom. The molecular formula is C13H21N3O2S. The lowest BCUT2D eigenvalue weighted by molar-refractivity contribution is 0.0520. The van der Waals surface area contributed by atoms with Crippen LogP contribution in [0.5, 0.6) is 0 Å². The maximum absolute atomic E-state index is 11.6. The normalized spacial score (nSPS) is 19.2. The van der Waals surface area contributed by atoms with Crippen LogP contribution in [-0.2, 0) is 4.74 Å². The zero-order valence-corrected chi connectivity index (χ0v) is 12.6. The summed E-state index contributed by atoms with van der Waals surface area (Å²) in [4.78, 5) is 20.6. The molecule has 0 spiro atoms. The van der Waals surface area contributed by atoms with E-state index in [0.717, 1.165) is 18.2 Å². The van der Waals surface area contributed by atoms with Crippen LogP contribution in [0.15, 0.2) is 5.38 Å². The van der Waals surface area contributed by atoms with E-state index in [1.54, 1.807) is 12.3 Å². The Labute approximate surface area is 118 Å². The zero-order chi connectivity index (χ0) is 13.8. The van der Waals surface area contributed by atoms with Gasteiger partial charge in [0.15, 0.2) is 10.8 Å². The molecule has 1 saturated heterocycles. The Kier molecular flexibility index (Phi) is 4.76. The number of esters is 1. The van der Waals surface area contributed by atoms with Crippen LogP contribution in [0, 0.1) is 0 Å². The maximum atomic E-state index is 11.6. The number of thiazole rings is 1. The number of aromatic nitrogens is 1. The molecule has 2 heterocycles. The number of hydrogen-bond acceptors (Lipinski definition) is 6. The Morgan fingerprint density at radius 2 is 2.42 bits per heavy atom. The van der Waals surface area contributed by atoms with Gasteiger partial charge in [-0.25, -0.2) is 9.78 Å². The van der Waals surface area contributed by atoms with Crippen molar-refractivity contribution in [2.45, 2.75) is 25.8 Å². The minimum atomic E-state index is -0.326. The minimum absolute atomic E-state index is 0.326. The largest absolute Gasteiger partial charge is 0.461 e. The first-order chi connectivity index (χ1) is 9.11. The van der Waals surface area contributed by atoms with Crippen molar-refractivity contribution in [3.63, 3.8) is 0 Å². The van der Waals surface area contributed by atoms with E-state index < -0.39 is 0 Å². The summed E-state index contributed by atoms with van der Waals surface area (Å²) in [5.41, 5.74) is 0.428. The van der Waals surface area contributed by atoms with E-state index in [2.05, 4.69) is 28.9 Å². The van der Waals surface area contributed by atoms with Crippen LogP contribution in [0.1, 0.15) is 30.3 Å². The number of likely N-dealkylation sites (N-methyl/N-ethyl adjacent to an activating group) is 1. The maximum Gasteiger partial charge on any atom is 0.357 e. The lowest BCUT2D eigenvalue weighted by atomic mass is 10.2. The average molecular weight is 283 g/mol. The first-order valence-corrected chi connectivity index (χ1v) is 7.53. The molecule has 0 bridgehead atoms. The van der Waals surface area contributed by atoms with Gasteiger partial charge >= 0.3 is 5.97 Å². The molecule has 1 aliphatic heterocycles. The van der Waals surface area contributed by atoms with Crippen molar-refractivity contribution < 1.29 is 9.53 Å². The van der Waals surface area contributed by atoms with E-state index in [4.69, 9.17) is 4.74 Å². The monoisotopic (exact) mass is 283 g/mol. The van der Waals surface area contributed by atoms with E-state index in [9.17, 15) is 4.79 Å². The number of nitrogens with zero attached hydrogens (tertiary/aromatic N) is 3. The van der Waals surface area contributed by atoms with Gasteiger partial charge in [-0.1, -0.05) is 0 Å². The molecule has 2 rings (SSSR count). The lowest BCUT2D eigenvalue weighted by Crippen LogP contribution is -2.37. The molecule has 0 radical (unpaired) electrons. The Bertz CT molecular complexity index is 433. The predicted molar refractivity (Wildman–Crippen MR) is 77.0 cm³/mol. The van der Waals surface area contributed by atoms with Gasteiger partial charge in [-0.3, -0.25) is 0 Å². The lowest BCUT2D eigenvalue weighted by Gasteiger charge is -2.26. The van der Waals surface area contributed by atoms with Gasteiger partial charge in [0.2, 0.25) is 0 Å². The molecule has 0 aromatic carbocycles. The summed E-state index contributed by atoms with van der Waals surface area (Å²) < 4.78 is 4.97. The first kappa shape index (κ1) is 14.3. The molecule has 19 heavy (non-hydrogen) atoms. The van der Waals surface area contributed by atoms with Crippen LogP contribution < -0.4 is 4.90 Å². The van der Waals surface area contributed by atoms with E-state index in [-0.39, 0.29) is 5.97 Å². The molecule has 1 unspecified atom stereocenters. The molecule has 0 N–H and O–H groups in total.